The number of aryl methyl sites for hydroxylation is 1. The number of amides is 2. The number of nitrogens with zero attached hydrogens (tertiary/aromatic N) is 1. The summed E-state index contributed by atoms with van der Waals surface area (Å²) < 4.78 is 28.0. The topological polar surface area (TPSA) is 95.6 Å². The Morgan fingerprint density at radius 3 is 2.64 bits per heavy atom. The number of hydrogen-bond acceptors (Lipinski definition) is 4. The Bertz CT molecular complexity index is 922. The van der Waals surface area contributed by atoms with E-state index in [0.29, 0.717) is 30.6 Å². The van der Waals surface area contributed by atoms with Gasteiger partial charge in [-0.1, -0.05) is 0 Å². The van der Waals surface area contributed by atoms with E-state index in [1.54, 1.807) is 32.9 Å². The number of nitrogens with one attached hydrogen (secondary N) is 2. The van der Waals surface area contributed by atoms with Crippen molar-refractivity contribution in [2.24, 2.45) is 5.92 Å². The standard InChI is InChI=1S/C20H29N3O4S/c1-12(2)21-18(24)14-7-6-8-23(11-14)28(26,27)15-9-13(3)17-16(10-15)20(4,5)19(25)22-17/h9-10,12,14H,6-8,11H2,1-5H3,(H,21,24)(H,22,25). The largest absolute Gasteiger partial charge is 0.354 e. The van der Waals surface area contributed by atoms with E-state index in [-0.39, 0.29) is 35.2 Å². The number of sulfonamides is 1. The smallest absolute Gasteiger partial charge is 0.243 e. The maximum atomic E-state index is 13.3. The van der Waals surface area contributed by atoms with Gasteiger partial charge in [0.2, 0.25) is 21.8 Å². The second-order valence-electron chi connectivity index (χ2n) is 8.61. The van der Waals surface area contributed by atoms with E-state index in [0.717, 1.165) is 5.56 Å². The molecular formula is C20H29N3O4S. The normalized spacial score (nSPS) is 22.1. The molecule has 0 spiro atoms. The van der Waals surface area contributed by atoms with Crippen LogP contribution in [0.3, 0.4) is 0 Å². The first-order valence-corrected chi connectivity index (χ1v) is 11.2. The lowest BCUT2D eigenvalue weighted by Crippen LogP contribution is -2.46. The van der Waals surface area contributed by atoms with Crippen molar-refractivity contribution < 1.29 is 18.0 Å². The van der Waals surface area contributed by atoms with Crippen molar-refractivity contribution in [3.8, 4) is 0 Å². The van der Waals surface area contributed by atoms with Crippen LogP contribution in [0.1, 0.15) is 51.7 Å². The molecule has 1 aromatic carbocycles. The van der Waals surface area contributed by atoms with Gasteiger partial charge < -0.3 is 10.6 Å². The number of carbonyl (C=O) groups excluding carboxylic acids is 2. The monoisotopic (exact) mass is 407 g/mol. The molecule has 8 heteroatoms. The van der Waals surface area contributed by atoms with Crippen LogP contribution in [0.25, 0.3) is 0 Å². The molecule has 2 amide bonds. The van der Waals surface area contributed by atoms with Crippen LogP contribution in [-0.2, 0) is 25.0 Å². The molecule has 0 saturated carbocycles. The van der Waals surface area contributed by atoms with E-state index < -0.39 is 15.4 Å². The second-order valence-corrected chi connectivity index (χ2v) is 10.5. The second kappa shape index (κ2) is 7.15. The molecule has 1 atom stereocenters. The summed E-state index contributed by atoms with van der Waals surface area (Å²) in [5.41, 5.74) is 1.33. The molecular weight excluding hydrogens is 378 g/mol. The van der Waals surface area contributed by atoms with Crippen molar-refractivity contribution >= 4 is 27.5 Å². The van der Waals surface area contributed by atoms with Gasteiger partial charge in [0.25, 0.3) is 0 Å². The first kappa shape index (κ1) is 20.8. The average molecular weight is 408 g/mol. The Balaban J connectivity index is 1.92. The molecule has 0 aliphatic carbocycles. The van der Waals surface area contributed by atoms with Gasteiger partial charge in [-0.25, -0.2) is 8.42 Å². The number of piperidine rings is 1. The molecule has 3 rings (SSSR count). The van der Waals surface area contributed by atoms with Gasteiger partial charge in [-0.3, -0.25) is 9.59 Å². The van der Waals surface area contributed by atoms with Gasteiger partial charge in [0, 0.05) is 24.8 Å². The Labute approximate surface area is 166 Å². The van der Waals surface area contributed by atoms with Crippen LogP contribution in [0.4, 0.5) is 5.69 Å². The van der Waals surface area contributed by atoms with Crippen molar-refractivity contribution in [3.05, 3.63) is 23.3 Å². The molecule has 2 aliphatic rings. The number of rotatable bonds is 4. The zero-order valence-electron chi connectivity index (χ0n) is 17.1. The minimum Gasteiger partial charge on any atom is -0.354 e. The predicted molar refractivity (Wildman–Crippen MR) is 108 cm³/mol. The summed E-state index contributed by atoms with van der Waals surface area (Å²) >= 11 is 0. The molecule has 1 aromatic rings. The Morgan fingerprint density at radius 1 is 1.32 bits per heavy atom. The van der Waals surface area contributed by atoms with Crippen molar-refractivity contribution in [1.82, 2.24) is 9.62 Å². The summed E-state index contributed by atoms with van der Waals surface area (Å²) in [5.74, 6) is -0.583. The minimum atomic E-state index is -3.75. The lowest BCUT2D eigenvalue weighted by atomic mass is 9.85. The van der Waals surface area contributed by atoms with Gasteiger partial charge >= 0.3 is 0 Å². The van der Waals surface area contributed by atoms with Crippen LogP contribution in [0.2, 0.25) is 0 Å². The van der Waals surface area contributed by atoms with Crippen molar-refractivity contribution in [2.45, 2.75) is 63.8 Å². The number of benzene rings is 1. The minimum absolute atomic E-state index is 0.0195. The summed E-state index contributed by atoms with van der Waals surface area (Å²) in [6, 6.07) is 3.23. The Hall–Kier alpha value is -1.93. The fourth-order valence-corrected chi connectivity index (χ4v) is 5.52. The first-order valence-electron chi connectivity index (χ1n) is 9.71. The van der Waals surface area contributed by atoms with Gasteiger partial charge in [0.05, 0.1) is 16.2 Å². The lowest BCUT2D eigenvalue weighted by molar-refractivity contribution is -0.126. The van der Waals surface area contributed by atoms with E-state index in [4.69, 9.17) is 0 Å². The molecule has 154 valence electrons. The molecule has 1 fully saturated rings. The molecule has 0 radical (unpaired) electrons. The molecule has 7 nitrogen and oxygen atoms in total. The van der Waals surface area contributed by atoms with Crippen LogP contribution in [0.5, 0.6) is 0 Å². The summed E-state index contributed by atoms with van der Waals surface area (Å²) in [6.07, 6.45) is 1.32. The molecule has 2 heterocycles. The quantitative estimate of drug-likeness (QED) is 0.799. The molecule has 1 unspecified atom stereocenters. The van der Waals surface area contributed by atoms with Crippen LogP contribution < -0.4 is 10.6 Å². The highest BCUT2D eigenvalue weighted by Gasteiger charge is 2.41. The van der Waals surface area contributed by atoms with Crippen LogP contribution in [0.15, 0.2) is 17.0 Å². The van der Waals surface area contributed by atoms with E-state index in [1.165, 1.54) is 4.31 Å². The van der Waals surface area contributed by atoms with Gasteiger partial charge in [0.15, 0.2) is 0 Å². The number of fused-ring (bicyclic) bond motifs is 1. The van der Waals surface area contributed by atoms with Gasteiger partial charge in [-0.2, -0.15) is 4.31 Å². The van der Waals surface area contributed by atoms with E-state index >= 15 is 0 Å². The zero-order chi connectivity index (χ0) is 20.9. The number of hydrogen-bond donors (Lipinski definition) is 2. The van der Waals surface area contributed by atoms with E-state index in [2.05, 4.69) is 10.6 Å². The summed E-state index contributed by atoms with van der Waals surface area (Å²) in [4.78, 5) is 24.8. The molecule has 28 heavy (non-hydrogen) atoms. The van der Waals surface area contributed by atoms with Crippen molar-refractivity contribution in [3.63, 3.8) is 0 Å². The van der Waals surface area contributed by atoms with Crippen molar-refractivity contribution in [2.75, 3.05) is 18.4 Å². The van der Waals surface area contributed by atoms with E-state index in [9.17, 15) is 18.0 Å². The molecule has 1 saturated heterocycles. The first-order chi connectivity index (χ1) is 12.9. The highest BCUT2D eigenvalue weighted by atomic mass is 32.2. The third kappa shape index (κ3) is 3.55. The van der Waals surface area contributed by atoms with Gasteiger partial charge in [0.1, 0.15) is 0 Å². The van der Waals surface area contributed by atoms with Crippen LogP contribution in [-0.4, -0.2) is 43.7 Å². The molecule has 2 aliphatic heterocycles. The summed E-state index contributed by atoms with van der Waals surface area (Å²) in [6.45, 7) is 9.73. The van der Waals surface area contributed by atoms with Gasteiger partial charge in [-0.15, -0.1) is 0 Å². The maximum absolute atomic E-state index is 13.3. The summed E-state index contributed by atoms with van der Waals surface area (Å²) in [7, 11) is -3.75. The molecule has 0 aromatic heterocycles. The Kier molecular flexibility index (Phi) is 5.31. The highest BCUT2D eigenvalue weighted by molar-refractivity contribution is 7.89. The maximum Gasteiger partial charge on any atom is 0.243 e. The number of anilines is 1. The third-order valence-electron chi connectivity index (χ3n) is 5.61. The fraction of sp³-hybridized carbons (Fsp3) is 0.600. The SMILES string of the molecule is Cc1cc(S(=O)(=O)N2CCCC(C(=O)NC(C)C)C2)cc2c1NC(=O)C2(C)C. The lowest BCUT2D eigenvalue weighted by Gasteiger charge is -2.32. The van der Waals surface area contributed by atoms with Gasteiger partial charge in [-0.05, 0) is 70.7 Å². The van der Waals surface area contributed by atoms with E-state index in [1.807, 2.05) is 13.8 Å². The summed E-state index contributed by atoms with van der Waals surface area (Å²) in [5, 5.41) is 5.73. The number of carbonyl (C=O) groups is 2. The predicted octanol–water partition coefficient (Wildman–Crippen LogP) is 2.15. The Morgan fingerprint density at radius 2 is 2.00 bits per heavy atom. The van der Waals surface area contributed by atoms with Crippen LogP contribution >= 0.6 is 0 Å². The average Bonchev–Trinajstić information content (AvgIpc) is 2.85. The molecule has 2 N–H and O–H groups in total. The third-order valence-corrected chi connectivity index (χ3v) is 7.46. The fourth-order valence-electron chi connectivity index (χ4n) is 3.88. The van der Waals surface area contributed by atoms with Crippen molar-refractivity contribution in [1.29, 1.82) is 0 Å². The molecule has 0 bridgehead atoms. The zero-order valence-corrected chi connectivity index (χ0v) is 17.9. The highest BCUT2D eigenvalue weighted by Crippen LogP contribution is 2.41. The van der Waals surface area contributed by atoms with Crippen LogP contribution in [0, 0.1) is 12.8 Å².